The molecule has 1 aliphatic carbocycles. The second-order valence-corrected chi connectivity index (χ2v) is 7.10. The third-order valence-corrected chi connectivity index (χ3v) is 4.71. The topological polar surface area (TPSA) is 93.8 Å². The van der Waals surface area contributed by atoms with E-state index in [1.165, 1.54) is 6.92 Å². The molecule has 0 aliphatic heterocycles. The first kappa shape index (κ1) is 19.2. The molecule has 1 amide bonds. The Kier molecular flexibility index (Phi) is 5.70. The summed E-state index contributed by atoms with van der Waals surface area (Å²) in [4.78, 5) is 11.1. The van der Waals surface area contributed by atoms with Gasteiger partial charge in [0.2, 0.25) is 5.91 Å². The van der Waals surface area contributed by atoms with Crippen molar-refractivity contribution in [2.75, 3.05) is 13.2 Å². The molecule has 1 atom stereocenters. The fraction of sp³-hybridized carbons (Fsp3) is 0.500. The predicted molar refractivity (Wildman–Crippen MR) is 98.8 cm³/mol. The molecule has 1 fully saturated rings. The van der Waals surface area contributed by atoms with Gasteiger partial charge in [0.15, 0.2) is 5.76 Å². The number of benzene rings is 1. The Hall–Kier alpha value is -2.54. The van der Waals surface area contributed by atoms with Crippen LogP contribution < -0.4 is 14.8 Å². The Bertz CT molecular complexity index is 765. The summed E-state index contributed by atoms with van der Waals surface area (Å²) in [5, 5.41) is 17.5. The van der Waals surface area contributed by atoms with E-state index >= 15 is 0 Å². The lowest BCUT2D eigenvalue weighted by molar-refractivity contribution is -0.119. The molecular weight excluding hydrogens is 348 g/mol. The number of amides is 1. The van der Waals surface area contributed by atoms with Crippen molar-refractivity contribution in [2.24, 2.45) is 0 Å². The normalized spacial score (nSPS) is 22.6. The van der Waals surface area contributed by atoms with Crippen LogP contribution in [0.1, 0.15) is 57.0 Å². The van der Waals surface area contributed by atoms with Crippen molar-refractivity contribution in [3.05, 3.63) is 41.8 Å². The number of hydrogen-bond acceptors (Lipinski definition) is 6. The molecule has 7 heteroatoms. The minimum atomic E-state index is -0.869. The van der Waals surface area contributed by atoms with E-state index in [0.717, 1.165) is 11.4 Å². The standard InChI is InChI=1S/C20H26N2O5/c1-4-25-16-5-7-17(8-6-16)26-12-20(24)10-15(11-20)18-9-19(27-22-18)13(2)21-14(3)23/h5-9,13,15,24H,4,10-12H2,1-3H3,(H,21,23)/t13-,15?,20?/m0/s1. The number of nitrogens with zero attached hydrogens (tertiary/aromatic N) is 1. The molecule has 7 nitrogen and oxygen atoms in total. The van der Waals surface area contributed by atoms with Crippen LogP contribution >= 0.6 is 0 Å². The van der Waals surface area contributed by atoms with Crippen LogP contribution in [0.15, 0.2) is 34.9 Å². The molecule has 0 bridgehead atoms. The SMILES string of the molecule is CCOc1ccc(OCC2(O)CC(c3cc([C@H](C)NC(C)=O)on3)C2)cc1. The highest BCUT2D eigenvalue weighted by Crippen LogP contribution is 2.44. The molecule has 1 aliphatic rings. The van der Waals surface area contributed by atoms with E-state index in [2.05, 4.69) is 10.5 Å². The third-order valence-electron chi connectivity index (χ3n) is 4.71. The summed E-state index contributed by atoms with van der Waals surface area (Å²) >= 11 is 0. The Balaban J connectivity index is 1.49. The number of nitrogens with one attached hydrogen (secondary N) is 1. The minimum absolute atomic E-state index is 0.120. The second-order valence-electron chi connectivity index (χ2n) is 7.10. The first-order chi connectivity index (χ1) is 12.9. The van der Waals surface area contributed by atoms with Gasteiger partial charge in [-0.3, -0.25) is 4.79 Å². The highest BCUT2D eigenvalue weighted by molar-refractivity contribution is 5.73. The lowest BCUT2D eigenvalue weighted by atomic mass is 9.70. The zero-order valence-corrected chi connectivity index (χ0v) is 15.9. The average Bonchev–Trinajstić information content (AvgIpc) is 3.08. The molecule has 0 radical (unpaired) electrons. The number of aliphatic hydroxyl groups is 1. The van der Waals surface area contributed by atoms with Gasteiger partial charge in [-0.15, -0.1) is 0 Å². The van der Waals surface area contributed by atoms with Gasteiger partial charge in [-0.2, -0.15) is 0 Å². The summed E-state index contributed by atoms with van der Waals surface area (Å²) in [6, 6.07) is 8.97. The van der Waals surface area contributed by atoms with Crippen LogP contribution in [0.5, 0.6) is 11.5 Å². The largest absolute Gasteiger partial charge is 0.494 e. The Morgan fingerprint density at radius 1 is 1.33 bits per heavy atom. The van der Waals surface area contributed by atoms with Crippen molar-refractivity contribution in [1.29, 1.82) is 0 Å². The zero-order chi connectivity index (χ0) is 19.4. The van der Waals surface area contributed by atoms with Crippen molar-refractivity contribution in [3.8, 4) is 11.5 Å². The van der Waals surface area contributed by atoms with E-state index < -0.39 is 5.60 Å². The van der Waals surface area contributed by atoms with Crippen molar-refractivity contribution in [1.82, 2.24) is 10.5 Å². The summed E-state index contributed by atoms with van der Waals surface area (Å²) in [6.45, 7) is 6.09. The van der Waals surface area contributed by atoms with Crippen LogP contribution in [0, 0.1) is 0 Å². The summed E-state index contributed by atoms with van der Waals surface area (Å²) in [5.41, 5.74) is -0.0704. The van der Waals surface area contributed by atoms with E-state index in [1.54, 1.807) is 0 Å². The molecule has 0 spiro atoms. The molecule has 1 heterocycles. The number of carbonyl (C=O) groups excluding carboxylic acids is 1. The number of rotatable bonds is 8. The first-order valence-electron chi connectivity index (χ1n) is 9.20. The molecule has 3 rings (SSSR count). The molecule has 0 unspecified atom stereocenters. The van der Waals surface area contributed by atoms with Crippen LogP contribution in [-0.4, -0.2) is 35.0 Å². The van der Waals surface area contributed by atoms with Gasteiger partial charge in [-0.05, 0) is 51.0 Å². The van der Waals surface area contributed by atoms with Gasteiger partial charge in [0.05, 0.1) is 23.9 Å². The summed E-state index contributed by atoms with van der Waals surface area (Å²) in [5.74, 6) is 2.11. The quantitative estimate of drug-likeness (QED) is 0.738. The van der Waals surface area contributed by atoms with Gasteiger partial charge < -0.3 is 24.4 Å². The van der Waals surface area contributed by atoms with E-state index in [0.29, 0.717) is 31.0 Å². The monoisotopic (exact) mass is 374 g/mol. The molecule has 1 aromatic heterocycles. The van der Waals surface area contributed by atoms with Crippen LogP contribution in [-0.2, 0) is 4.79 Å². The lowest BCUT2D eigenvalue weighted by Crippen LogP contribution is -2.47. The van der Waals surface area contributed by atoms with Crippen LogP contribution in [0.25, 0.3) is 0 Å². The van der Waals surface area contributed by atoms with Gasteiger partial charge in [0, 0.05) is 18.9 Å². The van der Waals surface area contributed by atoms with Gasteiger partial charge in [-0.25, -0.2) is 0 Å². The van der Waals surface area contributed by atoms with Crippen molar-refractivity contribution < 1.29 is 23.9 Å². The van der Waals surface area contributed by atoms with E-state index in [1.807, 2.05) is 44.2 Å². The lowest BCUT2D eigenvalue weighted by Gasteiger charge is -2.42. The maximum absolute atomic E-state index is 11.1. The Morgan fingerprint density at radius 3 is 2.56 bits per heavy atom. The average molecular weight is 374 g/mol. The molecule has 27 heavy (non-hydrogen) atoms. The van der Waals surface area contributed by atoms with Gasteiger partial charge in [0.1, 0.15) is 18.1 Å². The van der Waals surface area contributed by atoms with Crippen LogP contribution in [0.3, 0.4) is 0 Å². The molecule has 2 aromatic rings. The first-order valence-corrected chi connectivity index (χ1v) is 9.20. The van der Waals surface area contributed by atoms with E-state index in [4.69, 9.17) is 14.0 Å². The van der Waals surface area contributed by atoms with Crippen molar-refractivity contribution >= 4 is 5.91 Å². The number of aromatic nitrogens is 1. The van der Waals surface area contributed by atoms with Crippen molar-refractivity contribution in [3.63, 3.8) is 0 Å². The smallest absolute Gasteiger partial charge is 0.217 e. The highest BCUT2D eigenvalue weighted by atomic mass is 16.5. The van der Waals surface area contributed by atoms with Gasteiger partial charge in [0.25, 0.3) is 0 Å². The minimum Gasteiger partial charge on any atom is -0.494 e. The van der Waals surface area contributed by atoms with E-state index in [-0.39, 0.29) is 24.5 Å². The molecule has 0 saturated heterocycles. The summed E-state index contributed by atoms with van der Waals surface area (Å²) in [6.07, 6.45) is 1.12. The van der Waals surface area contributed by atoms with Crippen molar-refractivity contribution in [2.45, 2.75) is 51.2 Å². The molecule has 1 saturated carbocycles. The van der Waals surface area contributed by atoms with Gasteiger partial charge in [-0.1, -0.05) is 5.16 Å². The fourth-order valence-corrected chi connectivity index (χ4v) is 3.28. The Labute approximate surface area is 158 Å². The van der Waals surface area contributed by atoms with E-state index in [9.17, 15) is 9.90 Å². The number of hydrogen-bond donors (Lipinski definition) is 2. The second kappa shape index (κ2) is 8.00. The maximum atomic E-state index is 11.1. The summed E-state index contributed by atoms with van der Waals surface area (Å²) in [7, 11) is 0. The van der Waals surface area contributed by atoms with Crippen LogP contribution in [0.4, 0.5) is 0 Å². The Morgan fingerprint density at radius 2 is 1.96 bits per heavy atom. The van der Waals surface area contributed by atoms with Crippen LogP contribution in [0.2, 0.25) is 0 Å². The summed E-state index contributed by atoms with van der Waals surface area (Å²) < 4.78 is 16.4. The number of ether oxygens (including phenoxy) is 2. The molecular formula is C20H26N2O5. The molecule has 146 valence electrons. The maximum Gasteiger partial charge on any atom is 0.217 e. The number of carbonyl (C=O) groups is 1. The third kappa shape index (κ3) is 4.80. The van der Waals surface area contributed by atoms with Gasteiger partial charge >= 0.3 is 0 Å². The zero-order valence-electron chi connectivity index (χ0n) is 15.9. The molecule has 2 N–H and O–H groups in total. The highest BCUT2D eigenvalue weighted by Gasteiger charge is 2.45. The molecule has 1 aromatic carbocycles. The predicted octanol–water partition coefficient (Wildman–Crippen LogP) is 2.96. The fourth-order valence-electron chi connectivity index (χ4n) is 3.28.